The maximum Gasteiger partial charge on any atom is 0.267 e. The molecule has 0 aliphatic rings. The molecule has 0 aliphatic heterocycles. The molecule has 0 unspecified atom stereocenters. The van der Waals surface area contributed by atoms with Crippen molar-refractivity contribution in [3.05, 3.63) is 42.1 Å². The van der Waals surface area contributed by atoms with Gasteiger partial charge in [0.05, 0.1) is 5.69 Å². The number of rotatable bonds is 3. The van der Waals surface area contributed by atoms with E-state index in [9.17, 15) is 4.79 Å². The highest BCUT2D eigenvalue weighted by Crippen LogP contribution is 2.20. The van der Waals surface area contributed by atoms with Gasteiger partial charge in [0.1, 0.15) is 5.69 Å². The highest BCUT2D eigenvalue weighted by Gasteiger charge is 2.15. The summed E-state index contributed by atoms with van der Waals surface area (Å²) in [5.41, 5.74) is 6.91. The van der Waals surface area contributed by atoms with E-state index in [1.54, 1.807) is 6.07 Å². The van der Waals surface area contributed by atoms with Crippen LogP contribution in [0.5, 0.6) is 0 Å². The molecule has 0 saturated heterocycles. The fourth-order valence-electron chi connectivity index (χ4n) is 1.72. The molecule has 0 spiro atoms. The topological polar surface area (TPSA) is 80.9 Å². The van der Waals surface area contributed by atoms with Gasteiger partial charge in [0.15, 0.2) is 0 Å². The van der Waals surface area contributed by atoms with E-state index in [1.165, 1.54) is 0 Å². The zero-order valence-corrected chi connectivity index (χ0v) is 11.8. The number of hydrogen-bond acceptors (Lipinski definition) is 4. The van der Waals surface area contributed by atoms with E-state index in [0.717, 1.165) is 5.56 Å². The molecule has 0 atom stereocenters. The molecule has 1 aromatic carbocycles. The first-order chi connectivity index (χ1) is 9.35. The molecule has 20 heavy (non-hydrogen) atoms. The first kappa shape index (κ1) is 14.0. The Kier molecular flexibility index (Phi) is 3.70. The summed E-state index contributed by atoms with van der Waals surface area (Å²) in [5, 5.41) is 3.16. The number of nitrogens with two attached hydrogens (primary N) is 1. The summed E-state index contributed by atoms with van der Waals surface area (Å²) in [4.78, 5) is 20.0. The number of primary amides is 1. The molecule has 0 radical (unpaired) electrons. The van der Waals surface area contributed by atoms with Gasteiger partial charge in [-0.2, -0.15) is 0 Å². The smallest absolute Gasteiger partial charge is 0.267 e. The van der Waals surface area contributed by atoms with Gasteiger partial charge in [0, 0.05) is 11.1 Å². The Morgan fingerprint density at radius 1 is 1.15 bits per heavy atom. The summed E-state index contributed by atoms with van der Waals surface area (Å²) in [5.74, 6) is -0.172. The molecular formula is C15H18N4O. The lowest BCUT2D eigenvalue weighted by Crippen LogP contribution is -2.28. The van der Waals surface area contributed by atoms with Gasteiger partial charge >= 0.3 is 0 Å². The summed E-state index contributed by atoms with van der Waals surface area (Å²) in [6.07, 6.45) is 0. The van der Waals surface area contributed by atoms with Gasteiger partial charge in [0.25, 0.3) is 5.91 Å². The molecule has 5 nitrogen and oxygen atoms in total. The van der Waals surface area contributed by atoms with Crippen LogP contribution < -0.4 is 11.1 Å². The van der Waals surface area contributed by atoms with Gasteiger partial charge in [0.2, 0.25) is 5.95 Å². The van der Waals surface area contributed by atoms with Crippen molar-refractivity contribution >= 4 is 11.9 Å². The predicted molar refractivity (Wildman–Crippen MR) is 79.4 cm³/mol. The summed E-state index contributed by atoms with van der Waals surface area (Å²) in [6, 6.07) is 11.2. The number of aromatic nitrogens is 2. The van der Waals surface area contributed by atoms with Crippen LogP contribution >= 0.6 is 0 Å². The van der Waals surface area contributed by atoms with Crippen LogP contribution in [0.1, 0.15) is 31.3 Å². The van der Waals surface area contributed by atoms with E-state index in [1.807, 2.05) is 51.1 Å². The van der Waals surface area contributed by atoms with Crippen LogP contribution in [-0.2, 0) is 0 Å². The number of hydrogen-bond donors (Lipinski definition) is 2. The summed E-state index contributed by atoms with van der Waals surface area (Å²) in [6.45, 7) is 5.99. The second-order valence-corrected chi connectivity index (χ2v) is 5.57. The van der Waals surface area contributed by atoms with Crippen molar-refractivity contribution in [2.24, 2.45) is 5.73 Å². The maximum absolute atomic E-state index is 11.4. The minimum absolute atomic E-state index is 0.200. The number of carbonyl (C=O) groups is 1. The van der Waals surface area contributed by atoms with Crippen molar-refractivity contribution in [3.8, 4) is 11.3 Å². The number of amides is 1. The molecule has 0 fully saturated rings. The van der Waals surface area contributed by atoms with Crippen LogP contribution in [0.2, 0.25) is 0 Å². The zero-order chi connectivity index (χ0) is 14.8. The fraction of sp³-hybridized carbons (Fsp3) is 0.267. The first-order valence-corrected chi connectivity index (χ1v) is 6.38. The van der Waals surface area contributed by atoms with E-state index >= 15 is 0 Å². The molecular weight excluding hydrogens is 252 g/mol. The SMILES string of the molecule is CC(C)(C)Nc1nc(C(N)=O)cc(-c2ccccc2)n1. The van der Waals surface area contributed by atoms with Gasteiger partial charge in [-0.15, -0.1) is 0 Å². The van der Waals surface area contributed by atoms with Gasteiger partial charge in [-0.3, -0.25) is 4.79 Å². The number of benzene rings is 1. The molecule has 3 N–H and O–H groups in total. The Balaban J connectivity index is 2.49. The van der Waals surface area contributed by atoms with Gasteiger partial charge in [-0.1, -0.05) is 30.3 Å². The number of nitrogens with zero attached hydrogens (tertiary/aromatic N) is 2. The van der Waals surface area contributed by atoms with Crippen LogP contribution in [0.4, 0.5) is 5.95 Å². The molecule has 0 bridgehead atoms. The maximum atomic E-state index is 11.4. The van der Waals surface area contributed by atoms with E-state index < -0.39 is 5.91 Å². The molecule has 0 aliphatic carbocycles. The van der Waals surface area contributed by atoms with E-state index in [0.29, 0.717) is 11.6 Å². The highest BCUT2D eigenvalue weighted by atomic mass is 16.1. The fourth-order valence-corrected chi connectivity index (χ4v) is 1.72. The predicted octanol–water partition coefficient (Wildman–Crippen LogP) is 2.45. The van der Waals surface area contributed by atoms with Crippen molar-refractivity contribution < 1.29 is 4.79 Å². The third kappa shape index (κ3) is 3.54. The van der Waals surface area contributed by atoms with Crippen molar-refractivity contribution in [1.82, 2.24) is 9.97 Å². The number of nitrogens with one attached hydrogen (secondary N) is 1. The second-order valence-electron chi connectivity index (χ2n) is 5.57. The van der Waals surface area contributed by atoms with Crippen LogP contribution in [0.15, 0.2) is 36.4 Å². The number of carbonyl (C=O) groups excluding carboxylic acids is 1. The summed E-state index contributed by atoms with van der Waals surface area (Å²) in [7, 11) is 0. The normalized spacial score (nSPS) is 11.2. The monoisotopic (exact) mass is 270 g/mol. The summed E-state index contributed by atoms with van der Waals surface area (Å²) < 4.78 is 0. The lowest BCUT2D eigenvalue weighted by atomic mass is 10.1. The molecule has 0 saturated carbocycles. The average molecular weight is 270 g/mol. The van der Waals surface area contributed by atoms with Crippen LogP contribution in [0.3, 0.4) is 0 Å². The lowest BCUT2D eigenvalue weighted by molar-refractivity contribution is 0.0995. The quantitative estimate of drug-likeness (QED) is 0.897. The molecule has 1 amide bonds. The summed E-state index contributed by atoms with van der Waals surface area (Å²) >= 11 is 0. The van der Waals surface area contributed by atoms with Crippen LogP contribution in [0.25, 0.3) is 11.3 Å². The minimum atomic E-state index is -0.568. The third-order valence-electron chi connectivity index (χ3n) is 2.53. The molecule has 1 aromatic heterocycles. The molecule has 5 heteroatoms. The Labute approximate surface area is 118 Å². The Bertz CT molecular complexity index is 618. The average Bonchev–Trinajstić information content (AvgIpc) is 2.37. The largest absolute Gasteiger partial charge is 0.364 e. The third-order valence-corrected chi connectivity index (χ3v) is 2.53. The van der Waals surface area contributed by atoms with Crippen molar-refractivity contribution in [3.63, 3.8) is 0 Å². The van der Waals surface area contributed by atoms with Crippen LogP contribution in [-0.4, -0.2) is 21.4 Å². The highest BCUT2D eigenvalue weighted by molar-refractivity contribution is 5.92. The standard InChI is InChI=1S/C15H18N4O/c1-15(2,3)19-14-17-11(9-12(18-14)13(16)20)10-7-5-4-6-8-10/h4-9H,1-3H3,(H2,16,20)(H,17,18,19). The molecule has 2 aromatic rings. The van der Waals surface area contributed by atoms with Crippen molar-refractivity contribution in [2.75, 3.05) is 5.32 Å². The van der Waals surface area contributed by atoms with E-state index in [-0.39, 0.29) is 11.2 Å². The second kappa shape index (κ2) is 5.28. The minimum Gasteiger partial charge on any atom is -0.364 e. The van der Waals surface area contributed by atoms with E-state index in [2.05, 4.69) is 15.3 Å². The Morgan fingerprint density at radius 3 is 2.35 bits per heavy atom. The van der Waals surface area contributed by atoms with E-state index in [4.69, 9.17) is 5.73 Å². The first-order valence-electron chi connectivity index (χ1n) is 6.38. The van der Waals surface area contributed by atoms with Crippen LogP contribution in [0, 0.1) is 0 Å². The zero-order valence-electron chi connectivity index (χ0n) is 11.8. The van der Waals surface area contributed by atoms with Gasteiger partial charge in [-0.25, -0.2) is 9.97 Å². The van der Waals surface area contributed by atoms with Gasteiger partial charge in [-0.05, 0) is 26.8 Å². The lowest BCUT2D eigenvalue weighted by Gasteiger charge is -2.21. The number of anilines is 1. The Hall–Kier alpha value is -2.43. The Morgan fingerprint density at radius 2 is 1.80 bits per heavy atom. The molecule has 1 heterocycles. The molecule has 2 rings (SSSR count). The van der Waals surface area contributed by atoms with Gasteiger partial charge < -0.3 is 11.1 Å². The van der Waals surface area contributed by atoms with Crippen molar-refractivity contribution in [1.29, 1.82) is 0 Å². The molecule has 104 valence electrons. The van der Waals surface area contributed by atoms with Crippen molar-refractivity contribution in [2.45, 2.75) is 26.3 Å².